The lowest BCUT2D eigenvalue weighted by Crippen LogP contribution is -2.57. The summed E-state index contributed by atoms with van der Waals surface area (Å²) in [7, 11) is 0. The molecule has 4 aliphatic carbocycles. The predicted molar refractivity (Wildman–Crippen MR) is 129 cm³/mol. The van der Waals surface area contributed by atoms with E-state index in [2.05, 4.69) is 56.0 Å². The Balaban J connectivity index is 1.28. The van der Waals surface area contributed by atoms with Gasteiger partial charge in [-0.3, -0.25) is 9.69 Å². The summed E-state index contributed by atoms with van der Waals surface area (Å²) < 4.78 is 0. The second kappa shape index (κ2) is 8.24. The summed E-state index contributed by atoms with van der Waals surface area (Å²) >= 11 is 0. The summed E-state index contributed by atoms with van der Waals surface area (Å²) in [5, 5.41) is 11.7. The summed E-state index contributed by atoms with van der Waals surface area (Å²) in [5.41, 5.74) is 1.08. The number of carbonyl (C=O) groups is 1. The number of hydrogen-bond donors (Lipinski definition) is 1. The molecule has 4 fully saturated rings. The van der Waals surface area contributed by atoms with Gasteiger partial charge in [-0.1, -0.05) is 51.1 Å². The highest BCUT2D eigenvalue weighted by Gasteiger charge is 2.61. The first-order chi connectivity index (χ1) is 15.3. The maximum Gasteiger partial charge on any atom is 0.139 e. The Bertz CT molecular complexity index is 839. The average molecular weight is 438 g/mol. The van der Waals surface area contributed by atoms with Crippen molar-refractivity contribution in [3.8, 4) is 0 Å². The lowest BCUT2D eigenvalue weighted by Gasteiger charge is -2.61. The van der Waals surface area contributed by atoms with Crippen LogP contribution in [0.25, 0.3) is 0 Å². The number of likely N-dealkylation sites (N-methyl/N-ethyl adjacent to an activating group) is 1. The fourth-order valence-corrected chi connectivity index (χ4v) is 8.77. The van der Waals surface area contributed by atoms with E-state index in [4.69, 9.17) is 0 Å². The maximum absolute atomic E-state index is 12.7. The van der Waals surface area contributed by atoms with Gasteiger partial charge in [-0.25, -0.2) is 0 Å². The van der Waals surface area contributed by atoms with Gasteiger partial charge < -0.3 is 5.11 Å². The molecule has 0 aromatic heterocycles. The minimum Gasteiger partial charge on any atom is -0.389 e. The Kier molecular flexibility index (Phi) is 5.82. The van der Waals surface area contributed by atoms with Crippen LogP contribution in [-0.2, 0) is 11.3 Å². The van der Waals surface area contributed by atoms with E-state index >= 15 is 0 Å². The van der Waals surface area contributed by atoms with E-state index in [1.807, 2.05) is 0 Å². The van der Waals surface area contributed by atoms with Crippen LogP contribution in [-0.4, -0.2) is 34.5 Å². The molecule has 32 heavy (non-hydrogen) atoms. The van der Waals surface area contributed by atoms with Gasteiger partial charge in [0.05, 0.1) is 5.60 Å². The fraction of sp³-hybridized carbons (Fsp3) is 0.759. The number of Topliss-reactive ketones (excluding diaryl/α,β-unsaturated/α-hetero) is 1. The van der Waals surface area contributed by atoms with E-state index in [0.29, 0.717) is 23.0 Å². The van der Waals surface area contributed by atoms with Gasteiger partial charge in [-0.2, -0.15) is 0 Å². The average Bonchev–Trinajstić information content (AvgIpc) is 3.09. The Morgan fingerprint density at radius 1 is 1.00 bits per heavy atom. The zero-order chi connectivity index (χ0) is 22.6. The first kappa shape index (κ1) is 22.6. The standard InChI is InChI=1S/C29H43NO2/c1-4-30(19-21-8-6-5-7-9-21)20-29(32)17-16-27(2)22(18-29)10-11-23-24-12-13-26(31)28(24,3)15-14-25(23)27/h5-9,22-25,32H,4,10-20H2,1-3H3/t22?,23-,24-,25+,27-,28-,29?/m0/s1. The first-order valence-corrected chi connectivity index (χ1v) is 13.3. The minimum absolute atomic E-state index is 0.0289. The normalized spacial score (nSPS) is 43.6. The van der Waals surface area contributed by atoms with Gasteiger partial charge in [0, 0.05) is 24.9 Å². The van der Waals surface area contributed by atoms with E-state index < -0.39 is 5.60 Å². The zero-order valence-electron chi connectivity index (χ0n) is 20.5. The Hall–Kier alpha value is -1.19. The van der Waals surface area contributed by atoms with Crippen LogP contribution in [0.3, 0.4) is 0 Å². The number of fused-ring (bicyclic) bond motifs is 5. The Morgan fingerprint density at radius 3 is 2.53 bits per heavy atom. The molecular formula is C29H43NO2. The van der Waals surface area contributed by atoms with E-state index in [1.165, 1.54) is 24.8 Å². The van der Waals surface area contributed by atoms with Gasteiger partial charge in [0.2, 0.25) is 0 Å². The Labute approximate surface area is 195 Å². The third-order valence-corrected chi connectivity index (χ3v) is 10.7. The van der Waals surface area contributed by atoms with Crippen molar-refractivity contribution in [3.63, 3.8) is 0 Å². The molecule has 0 bridgehead atoms. The maximum atomic E-state index is 12.7. The second-order valence-electron chi connectivity index (χ2n) is 12.3. The monoisotopic (exact) mass is 437 g/mol. The largest absolute Gasteiger partial charge is 0.389 e. The van der Waals surface area contributed by atoms with Crippen molar-refractivity contribution in [1.29, 1.82) is 0 Å². The van der Waals surface area contributed by atoms with Crippen LogP contribution in [0.4, 0.5) is 0 Å². The molecule has 0 radical (unpaired) electrons. The number of hydrogen-bond acceptors (Lipinski definition) is 3. The molecule has 0 heterocycles. The van der Waals surface area contributed by atoms with Crippen molar-refractivity contribution in [3.05, 3.63) is 35.9 Å². The SMILES string of the molecule is CCN(Cc1ccccc1)CC1(O)CC[C@@]2(C)C(CC[C@@H]3[C@H]2CC[C@]2(C)C(=O)CC[C@@H]32)C1. The molecule has 4 saturated carbocycles. The van der Waals surface area contributed by atoms with Gasteiger partial charge in [-0.15, -0.1) is 0 Å². The highest BCUT2D eigenvalue weighted by Crippen LogP contribution is 2.66. The van der Waals surface area contributed by atoms with E-state index in [9.17, 15) is 9.90 Å². The number of benzene rings is 1. The quantitative estimate of drug-likeness (QED) is 0.628. The smallest absolute Gasteiger partial charge is 0.139 e. The molecular weight excluding hydrogens is 394 g/mol. The molecule has 1 aromatic carbocycles. The number of aliphatic hydroxyl groups is 1. The first-order valence-electron chi connectivity index (χ1n) is 13.3. The van der Waals surface area contributed by atoms with E-state index in [-0.39, 0.29) is 5.41 Å². The van der Waals surface area contributed by atoms with Crippen LogP contribution in [0, 0.1) is 34.5 Å². The van der Waals surface area contributed by atoms with Crippen LogP contribution >= 0.6 is 0 Å². The molecule has 0 spiro atoms. The van der Waals surface area contributed by atoms with Crippen molar-refractivity contribution in [2.75, 3.05) is 13.1 Å². The van der Waals surface area contributed by atoms with Crippen LogP contribution in [0.15, 0.2) is 30.3 Å². The zero-order valence-corrected chi connectivity index (χ0v) is 20.5. The van der Waals surface area contributed by atoms with Crippen molar-refractivity contribution < 1.29 is 9.90 Å². The fourth-order valence-electron chi connectivity index (χ4n) is 8.77. The summed E-state index contributed by atoms with van der Waals surface area (Å²) in [6.45, 7) is 9.72. The molecule has 3 heteroatoms. The molecule has 176 valence electrons. The molecule has 0 saturated heterocycles. The van der Waals surface area contributed by atoms with Crippen LogP contribution in [0.1, 0.15) is 84.1 Å². The van der Waals surface area contributed by atoms with Gasteiger partial charge >= 0.3 is 0 Å². The third-order valence-electron chi connectivity index (χ3n) is 10.7. The number of carbonyl (C=O) groups excluding carboxylic acids is 1. The topological polar surface area (TPSA) is 40.5 Å². The van der Waals surface area contributed by atoms with Crippen LogP contribution in [0.2, 0.25) is 0 Å². The summed E-state index contributed by atoms with van der Waals surface area (Å²) in [6.07, 6.45) is 9.82. The van der Waals surface area contributed by atoms with Gasteiger partial charge in [-0.05, 0) is 92.6 Å². The van der Waals surface area contributed by atoms with Gasteiger partial charge in [0.1, 0.15) is 5.78 Å². The van der Waals surface area contributed by atoms with Crippen molar-refractivity contribution in [2.24, 2.45) is 34.5 Å². The number of ketones is 1. The minimum atomic E-state index is -0.561. The van der Waals surface area contributed by atoms with Crippen LogP contribution < -0.4 is 0 Å². The molecule has 0 aliphatic heterocycles. The molecule has 3 nitrogen and oxygen atoms in total. The summed E-state index contributed by atoms with van der Waals surface area (Å²) in [5.74, 6) is 3.27. The predicted octanol–water partition coefficient (Wildman–Crippen LogP) is 5.85. The Morgan fingerprint density at radius 2 is 1.78 bits per heavy atom. The lowest BCUT2D eigenvalue weighted by atomic mass is 9.44. The highest BCUT2D eigenvalue weighted by atomic mass is 16.3. The highest BCUT2D eigenvalue weighted by molar-refractivity contribution is 5.87. The third kappa shape index (κ3) is 3.68. The van der Waals surface area contributed by atoms with E-state index in [0.717, 1.165) is 70.0 Å². The lowest BCUT2D eigenvalue weighted by molar-refractivity contribution is -0.157. The van der Waals surface area contributed by atoms with Crippen molar-refractivity contribution in [2.45, 2.75) is 90.7 Å². The van der Waals surface area contributed by atoms with Gasteiger partial charge in [0.15, 0.2) is 0 Å². The number of nitrogens with zero attached hydrogens (tertiary/aromatic N) is 1. The molecule has 0 amide bonds. The van der Waals surface area contributed by atoms with Crippen molar-refractivity contribution in [1.82, 2.24) is 4.90 Å². The summed E-state index contributed by atoms with van der Waals surface area (Å²) in [4.78, 5) is 15.1. The second-order valence-corrected chi connectivity index (χ2v) is 12.3. The van der Waals surface area contributed by atoms with Crippen molar-refractivity contribution >= 4 is 5.78 Å². The van der Waals surface area contributed by atoms with Crippen LogP contribution in [0.5, 0.6) is 0 Å². The molecule has 5 rings (SSSR count). The molecule has 4 aliphatic rings. The molecule has 7 atom stereocenters. The molecule has 1 N–H and O–H groups in total. The molecule has 1 aromatic rings. The molecule has 2 unspecified atom stereocenters. The summed E-state index contributed by atoms with van der Waals surface area (Å²) in [6, 6.07) is 10.7. The number of rotatable bonds is 5. The van der Waals surface area contributed by atoms with Gasteiger partial charge in [0.25, 0.3) is 0 Å². The van der Waals surface area contributed by atoms with E-state index in [1.54, 1.807) is 0 Å².